The second-order valence-corrected chi connectivity index (χ2v) is 11.1. The van der Waals surface area contributed by atoms with Gasteiger partial charge in [0.15, 0.2) is 0 Å². The molecule has 1 aliphatic rings. The molecule has 0 unspecified atom stereocenters. The van der Waals surface area contributed by atoms with E-state index in [4.69, 9.17) is 0 Å². The predicted octanol–water partition coefficient (Wildman–Crippen LogP) is 4.95. The SMILES string of the molecule is CCC1(CC)C(=O)N(CN(CC(C)C)CC(C)C)C(=O)N1CN(CC(C)C)CC(C)C. The van der Waals surface area contributed by atoms with Crippen molar-refractivity contribution < 1.29 is 9.59 Å². The predicted molar refractivity (Wildman–Crippen MR) is 130 cm³/mol. The van der Waals surface area contributed by atoms with Crippen LogP contribution in [0.1, 0.15) is 82.1 Å². The van der Waals surface area contributed by atoms with E-state index in [-0.39, 0.29) is 11.9 Å². The molecule has 182 valence electrons. The van der Waals surface area contributed by atoms with Crippen LogP contribution in [0.15, 0.2) is 0 Å². The Morgan fingerprint density at radius 2 is 1.03 bits per heavy atom. The van der Waals surface area contributed by atoms with Gasteiger partial charge in [0, 0.05) is 26.2 Å². The van der Waals surface area contributed by atoms with Crippen molar-refractivity contribution in [3.8, 4) is 0 Å². The Morgan fingerprint density at radius 3 is 1.35 bits per heavy atom. The fourth-order valence-electron chi connectivity index (χ4n) is 4.88. The molecule has 0 radical (unpaired) electrons. The lowest BCUT2D eigenvalue weighted by atomic mass is 9.91. The van der Waals surface area contributed by atoms with E-state index in [0.29, 0.717) is 49.9 Å². The van der Waals surface area contributed by atoms with E-state index in [1.807, 2.05) is 18.7 Å². The Bertz CT molecular complexity index is 550. The zero-order valence-electron chi connectivity index (χ0n) is 22.1. The van der Waals surface area contributed by atoms with Gasteiger partial charge in [0.25, 0.3) is 5.91 Å². The summed E-state index contributed by atoms with van der Waals surface area (Å²) in [6, 6.07) is -0.122. The van der Waals surface area contributed by atoms with Crippen molar-refractivity contribution in [2.24, 2.45) is 23.7 Å². The first-order chi connectivity index (χ1) is 14.4. The van der Waals surface area contributed by atoms with Gasteiger partial charge in [0.2, 0.25) is 0 Å². The maximum atomic E-state index is 13.7. The molecule has 0 aromatic heterocycles. The lowest BCUT2D eigenvalue weighted by Gasteiger charge is -2.38. The van der Waals surface area contributed by atoms with Crippen molar-refractivity contribution in [1.29, 1.82) is 0 Å². The minimum absolute atomic E-state index is 0.0194. The Morgan fingerprint density at radius 1 is 0.677 bits per heavy atom. The molecule has 1 rings (SSSR count). The summed E-state index contributed by atoms with van der Waals surface area (Å²) in [5, 5.41) is 0. The van der Waals surface area contributed by atoms with Crippen LogP contribution in [0, 0.1) is 23.7 Å². The van der Waals surface area contributed by atoms with Gasteiger partial charge in [-0.25, -0.2) is 9.69 Å². The van der Waals surface area contributed by atoms with E-state index in [1.165, 1.54) is 4.90 Å². The third-order valence-electron chi connectivity index (χ3n) is 5.97. The summed E-state index contributed by atoms with van der Waals surface area (Å²) in [6.45, 7) is 26.2. The van der Waals surface area contributed by atoms with E-state index in [1.54, 1.807) is 0 Å². The van der Waals surface area contributed by atoms with Crippen LogP contribution in [-0.2, 0) is 4.79 Å². The number of amides is 3. The maximum absolute atomic E-state index is 13.7. The highest BCUT2D eigenvalue weighted by Crippen LogP contribution is 2.35. The largest absolute Gasteiger partial charge is 0.329 e. The van der Waals surface area contributed by atoms with E-state index in [9.17, 15) is 9.59 Å². The van der Waals surface area contributed by atoms with Gasteiger partial charge in [0.1, 0.15) is 5.54 Å². The van der Waals surface area contributed by atoms with E-state index < -0.39 is 5.54 Å². The smallest absolute Gasteiger partial charge is 0.297 e. The van der Waals surface area contributed by atoms with E-state index >= 15 is 0 Å². The lowest BCUT2D eigenvalue weighted by molar-refractivity contribution is -0.135. The molecule has 1 fully saturated rings. The van der Waals surface area contributed by atoms with Gasteiger partial charge < -0.3 is 0 Å². The Labute approximate surface area is 192 Å². The Hall–Kier alpha value is -1.14. The Kier molecular flexibility index (Phi) is 11.0. The number of carbonyl (C=O) groups is 2. The molecule has 0 spiro atoms. The second kappa shape index (κ2) is 12.2. The third kappa shape index (κ3) is 7.45. The molecule has 3 amide bonds. The van der Waals surface area contributed by atoms with E-state index in [2.05, 4.69) is 65.2 Å². The molecule has 1 saturated heterocycles. The first kappa shape index (κ1) is 27.9. The quantitative estimate of drug-likeness (QED) is 0.360. The van der Waals surface area contributed by atoms with Crippen LogP contribution in [0.4, 0.5) is 4.79 Å². The summed E-state index contributed by atoms with van der Waals surface area (Å²) in [5.74, 6) is 1.96. The van der Waals surface area contributed by atoms with Crippen molar-refractivity contribution in [3.63, 3.8) is 0 Å². The van der Waals surface area contributed by atoms with Crippen molar-refractivity contribution in [1.82, 2.24) is 19.6 Å². The summed E-state index contributed by atoms with van der Waals surface area (Å²) in [6.07, 6.45) is 1.30. The molecule has 0 aromatic carbocycles. The average Bonchev–Trinajstić information content (AvgIpc) is 2.81. The number of carbonyl (C=O) groups excluding carboxylic acids is 2. The number of nitrogens with zero attached hydrogens (tertiary/aromatic N) is 4. The molecule has 6 nitrogen and oxygen atoms in total. The normalized spacial score (nSPS) is 17.2. The van der Waals surface area contributed by atoms with Gasteiger partial charge in [-0.1, -0.05) is 69.2 Å². The molecule has 1 heterocycles. The standard InChI is InChI=1S/C25H50N4O2/c1-11-25(12-2)23(30)28(17-26(13-19(3)4)14-20(5)6)24(31)29(25)18-27(15-21(7)8)16-22(9)10/h19-22H,11-18H2,1-10H3. The highest BCUT2D eigenvalue weighted by Gasteiger charge is 2.55. The summed E-state index contributed by atoms with van der Waals surface area (Å²) < 4.78 is 0. The molecule has 6 heteroatoms. The first-order valence-corrected chi connectivity index (χ1v) is 12.5. The number of urea groups is 1. The van der Waals surface area contributed by atoms with Gasteiger partial charge >= 0.3 is 6.03 Å². The van der Waals surface area contributed by atoms with Crippen molar-refractivity contribution in [3.05, 3.63) is 0 Å². The molecule has 1 aliphatic heterocycles. The molecule has 0 N–H and O–H groups in total. The molecule has 0 aromatic rings. The molecular weight excluding hydrogens is 388 g/mol. The monoisotopic (exact) mass is 438 g/mol. The number of hydrogen-bond donors (Lipinski definition) is 0. The molecular formula is C25H50N4O2. The van der Waals surface area contributed by atoms with Gasteiger partial charge in [-0.3, -0.25) is 19.5 Å². The molecule has 0 saturated carbocycles. The topological polar surface area (TPSA) is 47.1 Å². The van der Waals surface area contributed by atoms with Gasteiger partial charge in [-0.05, 0) is 36.5 Å². The zero-order valence-corrected chi connectivity index (χ0v) is 22.1. The highest BCUT2D eigenvalue weighted by molar-refractivity contribution is 6.06. The summed E-state index contributed by atoms with van der Waals surface area (Å²) in [4.78, 5) is 35.3. The first-order valence-electron chi connectivity index (χ1n) is 12.5. The summed E-state index contributed by atoms with van der Waals surface area (Å²) >= 11 is 0. The minimum atomic E-state index is -0.732. The molecule has 31 heavy (non-hydrogen) atoms. The zero-order chi connectivity index (χ0) is 23.9. The Balaban J connectivity index is 3.20. The number of hydrogen-bond acceptors (Lipinski definition) is 4. The van der Waals surface area contributed by atoms with Gasteiger partial charge in [0.05, 0.1) is 13.3 Å². The average molecular weight is 439 g/mol. The molecule has 0 aliphatic carbocycles. The number of rotatable bonds is 14. The van der Waals surface area contributed by atoms with Crippen molar-refractivity contribution in [2.45, 2.75) is 87.6 Å². The fourth-order valence-corrected chi connectivity index (χ4v) is 4.88. The fraction of sp³-hybridized carbons (Fsp3) is 0.920. The summed E-state index contributed by atoms with van der Waals surface area (Å²) in [5.41, 5.74) is -0.732. The van der Waals surface area contributed by atoms with Crippen molar-refractivity contribution >= 4 is 11.9 Å². The van der Waals surface area contributed by atoms with Crippen LogP contribution in [0.5, 0.6) is 0 Å². The van der Waals surface area contributed by atoms with Crippen LogP contribution in [0.25, 0.3) is 0 Å². The second-order valence-electron chi connectivity index (χ2n) is 11.1. The highest BCUT2D eigenvalue weighted by atomic mass is 16.2. The minimum Gasteiger partial charge on any atom is -0.297 e. The van der Waals surface area contributed by atoms with Crippen LogP contribution in [-0.4, -0.2) is 76.6 Å². The van der Waals surface area contributed by atoms with Gasteiger partial charge in [-0.2, -0.15) is 0 Å². The molecule has 0 bridgehead atoms. The van der Waals surface area contributed by atoms with Crippen LogP contribution < -0.4 is 0 Å². The van der Waals surface area contributed by atoms with E-state index in [0.717, 1.165) is 26.2 Å². The summed E-state index contributed by atoms with van der Waals surface area (Å²) in [7, 11) is 0. The van der Waals surface area contributed by atoms with Gasteiger partial charge in [-0.15, -0.1) is 0 Å². The lowest BCUT2D eigenvalue weighted by Crippen LogP contribution is -2.53. The maximum Gasteiger partial charge on any atom is 0.329 e. The molecule has 0 atom stereocenters. The third-order valence-corrected chi connectivity index (χ3v) is 5.97. The van der Waals surface area contributed by atoms with Crippen LogP contribution >= 0.6 is 0 Å². The van der Waals surface area contributed by atoms with Crippen LogP contribution in [0.2, 0.25) is 0 Å². The van der Waals surface area contributed by atoms with Crippen molar-refractivity contribution in [2.75, 3.05) is 39.5 Å². The number of imide groups is 1. The van der Waals surface area contributed by atoms with Crippen LogP contribution in [0.3, 0.4) is 0 Å².